The fraction of sp³-hybridized carbons (Fsp3) is 0.227. The third kappa shape index (κ3) is 4.73. The van der Waals surface area contributed by atoms with Gasteiger partial charge in [-0.05, 0) is 43.3 Å². The minimum atomic E-state index is -3.78. The van der Waals surface area contributed by atoms with E-state index in [1.807, 2.05) is 43.3 Å². The molecule has 2 heterocycles. The number of hydrogen-bond donors (Lipinski definition) is 1. The van der Waals surface area contributed by atoms with E-state index in [2.05, 4.69) is 15.1 Å². The Hall–Kier alpha value is -3.30. The van der Waals surface area contributed by atoms with Gasteiger partial charge in [-0.1, -0.05) is 29.8 Å². The van der Waals surface area contributed by atoms with E-state index in [0.717, 1.165) is 17.1 Å². The highest BCUT2D eigenvalue weighted by Crippen LogP contribution is 2.20. The molecule has 1 fully saturated rings. The molecule has 0 unspecified atom stereocenters. The van der Waals surface area contributed by atoms with Crippen molar-refractivity contribution in [1.82, 2.24) is 15.1 Å². The van der Waals surface area contributed by atoms with Crippen molar-refractivity contribution in [1.29, 1.82) is 0 Å². The molecule has 2 aromatic carbocycles. The summed E-state index contributed by atoms with van der Waals surface area (Å²) in [6.07, 6.45) is 0. The zero-order valence-corrected chi connectivity index (χ0v) is 17.9. The summed E-state index contributed by atoms with van der Waals surface area (Å²) >= 11 is 0. The van der Waals surface area contributed by atoms with Gasteiger partial charge in [0, 0.05) is 37.3 Å². The van der Waals surface area contributed by atoms with Gasteiger partial charge in [-0.2, -0.15) is 0 Å². The number of amides is 1. The van der Waals surface area contributed by atoms with Gasteiger partial charge in [-0.3, -0.25) is 4.79 Å². The predicted octanol–water partition coefficient (Wildman–Crippen LogP) is 2.06. The number of aromatic nitrogens is 2. The second kappa shape index (κ2) is 8.44. The summed E-state index contributed by atoms with van der Waals surface area (Å²) in [6.45, 7) is 4.40. The number of hydrogen-bond acceptors (Lipinski definition) is 6. The van der Waals surface area contributed by atoms with Crippen molar-refractivity contribution >= 4 is 21.7 Å². The van der Waals surface area contributed by atoms with Crippen LogP contribution in [-0.4, -0.2) is 55.6 Å². The fourth-order valence-electron chi connectivity index (χ4n) is 3.48. The first-order valence-electron chi connectivity index (χ1n) is 9.89. The molecule has 160 valence electrons. The highest BCUT2D eigenvalue weighted by molar-refractivity contribution is 7.89. The zero-order valence-electron chi connectivity index (χ0n) is 17.1. The number of carbonyl (C=O) groups is 1. The van der Waals surface area contributed by atoms with Gasteiger partial charge in [0.15, 0.2) is 5.82 Å². The van der Waals surface area contributed by atoms with Gasteiger partial charge in [-0.25, -0.2) is 13.6 Å². The van der Waals surface area contributed by atoms with Gasteiger partial charge in [0.25, 0.3) is 5.91 Å². The van der Waals surface area contributed by atoms with Crippen LogP contribution in [0.1, 0.15) is 15.9 Å². The summed E-state index contributed by atoms with van der Waals surface area (Å²) in [5.41, 5.74) is 3.47. The number of primary sulfonamides is 1. The van der Waals surface area contributed by atoms with Crippen LogP contribution in [0.25, 0.3) is 11.3 Å². The maximum atomic E-state index is 12.7. The normalized spacial score (nSPS) is 14.5. The number of anilines is 1. The molecule has 2 N–H and O–H groups in total. The van der Waals surface area contributed by atoms with E-state index in [0.29, 0.717) is 31.7 Å². The molecule has 0 radical (unpaired) electrons. The number of sulfonamides is 1. The van der Waals surface area contributed by atoms with Gasteiger partial charge < -0.3 is 9.80 Å². The molecule has 0 saturated carbocycles. The van der Waals surface area contributed by atoms with Crippen molar-refractivity contribution in [3.8, 4) is 11.3 Å². The molecule has 0 atom stereocenters. The number of nitrogens with zero attached hydrogens (tertiary/aromatic N) is 4. The van der Waals surface area contributed by atoms with E-state index < -0.39 is 10.0 Å². The molecular weight excluding hydrogens is 414 g/mol. The molecule has 0 aliphatic carbocycles. The maximum Gasteiger partial charge on any atom is 0.253 e. The summed E-state index contributed by atoms with van der Waals surface area (Å²) in [6, 6.07) is 17.7. The number of carbonyl (C=O) groups excluding carboxylic acids is 1. The first-order valence-corrected chi connectivity index (χ1v) is 11.4. The molecule has 1 aliphatic heterocycles. The molecule has 31 heavy (non-hydrogen) atoms. The third-order valence-electron chi connectivity index (χ3n) is 5.32. The largest absolute Gasteiger partial charge is 0.352 e. The van der Waals surface area contributed by atoms with Crippen LogP contribution >= 0.6 is 0 Å². The number of aryl methyl sites for hydroxylation is 1. The molecule has 3 aromatic rings. The van der Waals surface area contributed by atoms with Crippen LogP contribution in [0, 0.1) is 6.92 Å². The number of nitrogens with two attached hydrogens (primary N) is 1. The van der Waals surface area contributed by atoms with E-state index in [4.69, 9.17) is 5.14 Å². The lowest BCUT2D eigenvalue weighted by atomic mass is 10.1. The number of benzene rings is 2. The summed E-state index contributed by atoms with van der Waals surface area (Å²) in [4.78, 5) is 16.6. The molecule has 9 heteroatoms. The molecule has 0 bridgehead atoms. The van der Waals surface area contributed by atoms with E-state index in [1.54, 1.807) is 4.90 Å². The molecule has 1 aromatic heterocycles. The first kappa shape index (κ1) is 21.0. The second-order valence-corrected chi connectivity index (χ2v) is 9.05. The van der Waals surface area contributed by atoms with Crippen molar-refractivity contribution in [2.24, 2.45) is 5.14 Å². The summed E-state index contributed by atoms with van der Waals surface area (Å²) in [5, 5.41) is 13.8. The Balaban J connectivity index is 1.38. The Morgan fingerprint density at radius 2 is 1.52 bits per heavy atom. The highest BCUT2D eigenvalue weighted by Gasteiger charge is 2.23. The SMILES string of the molecule is Cc1ccc(-c2ccc(N3CCN(C(=O)c4ccc(S(N)(=O)=O)cc4)CC3)nn2)cc1. The Morgan fingerprint density at radius 3 is 2.06 bits per heavy atom. The maximum absolute atomic E-state index is 12.7. The minimum Gasteiger partial charge on any atom is -0.352 e. The van der Waals surface area contributed by atoms with Crippen LogP contribution in [0.2, 0.25) is 0 Å². The van der Waals surface area contributed by atoms with Gasteiger partial charge in [0.1, 0.15) is 0 Å². The third-order valence-corrected chi connectivity index (χ3v) is 6.25. The number of rotatable bonds is 4. The Labute approximate surface area is 181 Å². The van der Waals surface area contributed by atoms with Gasteiger partial charge in [0.05, 0.1) is 10.6 Å². The summed E-state index contributed by atoms with van der Waals surface area (Å²) in [7, 11) is -3.78. The lowest BCUT2D eigenvalue weighted by molar-refractivity contribution is 0.0746. The standard InChI is InChI=1S/C22H23N5O3S/c1-16-2-4-17(5-3-16)20-10-11-21(25-24-20)26-12-14-27(15-13-26)22(28)18-6-8-19(9-7-18)31(23,29)30/h2-11H,12-15H2,1H3,(H2,23,29,30). The summed E-state index contributed by atoms with van der Waals surface area (Å²) < 4.78 is 22.7. The smallest absolute Gasteiger partial charge is 0.253 e. The second-order valence-electron chi connectivity index (χ2n) is 7.49. The van der Waals surface area contributed by atoms with Crippen molar-refractivity contribution in [3.63, 3.8) is 0 Å². The van der Waals surface area contributed by atoms with Gasteiger partial charge in [0.2, 0.25) is 10.0 Å². The Kier molecular flexibility index (Phi) is 5.71. The summed E-state index contributed by atoms with van der Waals surface area (Å²) in [5.74, 6) is 0.641. The molecule has 0 spiro atoms. The zero-order chi connectivity index (χ0) is 22.0. The quantitative estimate of drug-likeness (QED) is 0.669. The van der Waals surface area contributed by atoms with Crippen LogP contribution in [0.15, 0.2) is 65.6 Å². The van der Waals surface area contributed by atoms with Gasteiger partial charge >= 0.3 is 0 Å². The highest BCUT2D eigenvalue weighted by atomic mass is 32.2. The van der Waals surface area contributed by atoms with Crippen molar-refractivity contribution in [3.05, 3.63) is 71.8 Å². The molecular formula is C22H23N5O3S. The monoisotopic (exact) mass is 437 g/mol. The van der Waals surface area contributed by atoms with Crippen LogP contribution in [0.4, 0.5) is 5.82 Å². The first-order chi connectivity index (χ1) is 14.8. The molecule has 4 rings (SSSR count). The van der Waals surface area contributed by atoms with E-state index in [-0.39, 0.29) is 10.8 Å². The average Bonchev–Trinajstić information content (AvgIpc) is 2.79. The van der Waals surface area contributed by atoms with E-state index in [1.165, 1.54) is 29.8 Å². The molecule has 1 aliphatic rings. The topological polar surface area (TPSA) is 109 Å². The lowest BCUT2D eigenvalue weighted by Gasteiger charge is -2.35. The predicted molar refractivity (Wildman–Crippen MR) is 118 cm³/mol. The van der Waals surface area contributed by atoms with Crippen LogP contribution in [-0.2, 0) is 10.0 Å². The molecule has 1 saturated heterocycles. The Morgan fingerprint density at radius 1 is 0.871 bits per heavy atom. The van der Waals surface area contributed by atoms with Crippen molar-refractivity contribution in [2.45, 2.75) is 11.8 Å². The molecule has 8 nitrogen and oxygen atoms in total. The van der Waals surface area contributed by atoms with Crippen LogP contribution in [0.5, 0.6) is 0 Å². The average molecular weight is 438 g/mol. The van der Waals surface area contributed by atoms with E-state index >= 15 is 0 Å². The lowest BCUT2D eigenvalue weighted by Crippen LogP contribution is -2.49. The van der Waals surface area contributed by atoms with Gasteiger partial charge in [-0.15, -0.1) is 10.2 Å². The minimum absolute atomic E-state index is 0.0125. The molecule has 1 amide bonds. The van der Waals surface area contributed by atoms with E-state index in [9.17, 15) is 13.2 Å². The van der Waals surface area contributed by atoms with Crippen LogP contribution < -0.4 is 10.0 Å². The van der Waals surface area contributed by atoms with Crippen LogP contribution in [0.3, 0.4) is 0 Å². The van der Waals surface area contributed by atoms with Crippen molar-refractivity contribution < 1.29 is 13.2 Å². The number of piperazine rings is 1. The van der Waals surface area contributed by atoms with Crippen molar-refractivity contribution in [2.75, 3.05) is 31.1 Å². The Bertz CT molecular complexity index is 1170. The fourth-order valence-corrected chi connectivity index (χ4v) is 4.00.